The SMILES string of the molecule is C=CC1=C(C=C)N(C)CC1.CC.CC. The van der Waals surface area contributed by atoms with Crippen molar-refractivity contribution in [3.05, 3.63) is 36.6 Å². The molecular formula is C13H25N. The molecule has 1 heterocycles. The van der Waals surface area contributed by atoms with Gasteiger partial charge in [-0.05, 0) is 18.1 Å². The normalized spacial score (nSPS) is 13.6. The molecule has 1 aliphatic rings. The monoisotopic (exact) mass is 195 g/mol. The van der Waals surface area contributed by atoms with Gasteiger partial charge in [-0.15, -0.1) is 0 Å². The quantitative estimate of drug-likeness (QED) is 0.643. The number of likely N-dealkylation sites (N-methyl/N-ethyl adjacent to an activating group) is 1. The number of allylic oxidation sites excluding steroid dienone is 2. The Morgan fingerprint density at radius 1 is 1.07 bits per heavy atom. The first-order chi connectivity index (χ1) is 6.79. The minimum atomic E-state index is 1.10. The number of hydrogen-bond acceptors (Lipinski definition) is 1. The van der Waals surface area contributed by atoms with Crippen molar-refractivity contribution < 1.29 is 0 Å². The molecule has 82 valence electrons. The molecule has 0 aromatic rings. The van der Waals surface area contributed by atoms with Crippen molar-refractivity contribution in [3.63, 3.8) is 0 Å². The van der Waals surface area contributed by atoms with Crippen LogP contribution in [-0.2, 0) is 0 Å². The molecule has 0 N–H and O–H groups in total. The molecule has 0 saturated carbocycles. The van der Waals surface area contributed by atoms with Gasteiger partial charge in [0.1, 0.15) is 0 Å². The first kappa shape index (κ1) is 15.5. The Bertz CT molecular complexity index is 189. The predicted molar refractivity (Wildman–Crippen MR) is 67.4 cm³/mol. The summed E-state index contributed by atoms with van der Waals surface area (Å²) in [5, 5.41) is 0. The Labute approximate surface area is 89.8 Å². The highest BCUT2D eigenvalue weighted by atomic mass is 15.1. The molecule has 0 aromatic heterocycles. The fraction of sp³-hybridized carbons (Fsp3) is 0.538. The number of nitrogens with zero attached hydrogens (tertiary/aromatic N) is 1. The Morgan fingerprint density at radius 2 is 1.57 bits per heavy atom. The van der Waals surface area contributed by atoms with Crippen LogP contribution in [0.2, 0.25) is 0 Å². The van der Waals surface area contributed by atoms with Crippen LogP contribution >= 0.6 is 0 Å². The van der Waals surface area contributed by atoms with Gasteiger partial charge < -0.3 is 4.90 Å². The van der Waals surface area contributed by atoms with E-state index in [1.54, 1.807) is 0 Å². The van der Waals surface area contributed by atoms with Crippen LogP contribution in [0.15, 0.2) is 36.6 Å². The first-order valence-electron chi connectivity index (χ1n) is 5.48. The fourth-order valence-electron chi connectivity index (χ4n) is 1.28. The lowest BCUT2D eigenvalue weighted by Crippen LogP contribution is -2.10. The van der Waals surface area contributed by atoms with Gasteiger partial charge in [0, 0.05) is 19.3 Å². The van der Waals surface area contributed by atoms with Gasteiger partial charge in [0.25, 0.3) is 0 Å². The van der Waals surface area contributed by atoms with Crippen molar-refractivity contribution in [2.45, 2.75) is 34.1 Å². The van der Waals surface area contributed by atoms with E-state index in [4.69, 9.17) is 0 Å². The summed E-state index contributed by atoms with van der Waals surface area (Å²) in [5.74, 6) is 0. The molecule has 0 aliphatic carbocycles. The topological polar surface area (TPSA) is 3.24 Å². The van der Waals surface area contributed by atoms with Crippen LogP contribution in [0.3, 0.4) is 0 Å². The third-order valence-electron chi connectivity index (χ3n) is 1.90. The number of rotatable bonds is 2. The Kier molecular flexibility index (Phi) is 11.2. The van der Waals surface area contributed by atoms with Crippen molar-refractivity contribution in [3.8, 4) is 0 Å². The van der Waals surface area contributed by atoms with Gasteiger partial charge in [-0.1, -0.05) is 46.9 Å². The smallest absolute Gasteiger partial charge is 0.0390 e. The van der Waals surface area contributed by atoms with E-state index in [1.807, 2.05) is 39.8 Å². The van der Waals surface area contributed by atoms with E-state index in [9.17, 15) is 0 Å². The standard InChI is InChI=1S/C9H13N.2C2H6/c1-4-8-6-7-10(3)9(8)5-2;2*1-2/h4-5H,1-2,6-7H2,3H3;2*1-2H3. The summed E-state index contributed by atoms with van der Waals surface area (Å²) in [6, 6.07) is 0. The Morgan fingerprint density at radius 3 is 1.86 bits per heavy atom. The average molecular weight is 195 g/mol. The minimum Gasteiger partial charge on any atom is -0.374 e. The van der Waals surface area contributed by atoms with Gasteiger partial charge >= 0.3 is 0 Å². The molecule has 0 saturated heterocycles. The lowest BCUT2D eigenvalue weighted by molar-refractivity contribution is 0.472. The van der Waals surface area contributed by atoms with Crippen LogP contribution in [-0.4, -0.2) is 18.5 Å². The molecule has 1 nitrogen and oxygen atoms in total. The van der Waals surface area contributed by atoms with Gasteiger partial charge in [-0.3, -0.25) is 0 Å². The van der Waals surface area contributed by atoms with Crippen LogP contribution in [0.4, 0.5) is 0 Å². The van der Waals surface area contributed by atoms with E-state index in [2.05, 4.69) is 25.1 Å². The summed E-state index contributed by atoms with van der Waals surface area (Å²) < 4.78 is 0. The third kappa shape index (κ3) is 4.31. The molecule has 0 aromatic carbocycles. The van der Waals surface area contributed by atoms with Crippen molar-refractivity contribution >= 4 is 0 Å². The Balaban J connectivity index is 0. The van der Waals surface area contributed by atoms with E-state index in [0.717, 1.165) is 13.0 Å². The summed E-state index contributed by atoms with van der Waals surface area (Å²) in [7, 11) is 2.08. The highest BCUT2D eigenvalue weighted by Crippen LogP contribution is 2.21. The van der Waals surface area contributed by atoms with Crippen molar-refractivity contribution in [2.75, 3.05) is 13.6 Å². The van der Waals surface area contributed by atoms with Crippen LogP contribution < -0.4 is 0 Å². The molecule has 0 amide bonds. The second kappa shape index (κ2) is 10.1. The Hall–Kier alpha value is -0.980. The molecule has 0 radical (unpaired) electrons. The summed E-state index contributed by atoms with van der Waals surface area (Å²) in [6.45, 7) is 16.6. The molecule has 0 spiro atoms. The van der Waals surface area contributed by atoms with Gasteiger partial charge in [0.05, 0.1) is 0 Å². The summed E-state index contributed by atoms with van der Waals surface area (Å²) in [5.41, 5.74) is 2.55. The van der Waals surface area contributed by atoms with Crippen LogP contribution in [0.5, 0.6) is 0 Å². The molecule has 14 heavy (non-hydrogen) atoms. The van der Waals surface area contributed by atoms with Crippen LogP contribution in [0.1, 0.15) is 34.1 Å². The van der Waals surface area contributed by atoms with Crippen LogP contribution in [0.25, 0.3) is 0 Å². The minimum absolute atomic E-state index is 1.10. The fourth-order valence-corrected chi connectivity index (χ4v) is 1.28. The van der Waals surface area contributed by atoms with E-state index in [1.165, 1.54) is 11.3 Å². The maximum absolute atomic E-state index is 3.74. The molecule has 1 heteroatoms. The summed E-state index contributed by atoms with van der Waals surface area (Å²) >= 11 is 0. The molecule has 0 atom stereocenters. The average Bonchev–Trinajstić information content (AvgIpc) is 2.64. The largest absolute Gasteiger partial charge is 0.374 e. The third-order valence-corrected chi connectivity index (χ3v) is 1.90. The predicted octanol–water partition coefficient (Wildman–Crippen LogP) is 4.00. The maximum Gasteiger partial charge on any atom is 0.0390 e. The molecule has 0 fully saturated rings. The zero-order valence-electron chi connectivity index (χ0n) is 10.4. The second-order valence-electron chi connectivity index (χ2n) is 2.49. The summed E-state index contributed by atoms with van der Waals surface area (Å²) in [6.07, 6.45) is 4.92. The molecular weight excluding hydrogens is 170 g/mol. The highest BCUT2D eigenvalue weighted by molar-refractivity contribution is 5.33. The van der Waals surface area contributed by atoms with Gasteiger partial charge in [0.15, 0.2) is 0 Å². The van der Waals surface area contributed by atoms with Crippen molar-refractivity contribution in [1.29, 1.82) is 0 Å². The maximum atomic E-state index is 3.74. The van der Waals surface area contributed by atoms with E-state index < -0.39 is 0 Å². The van der Waals surface area contributed by atoms with E-state index >= 15 is 0 Å². The van der Waals surface area contributed by atoms with Gasteiger partial charge in [-0.25, -0.2) is 0 Å². The zero-order chi connectivity index (χ0) is 11.6. The lowest BCUT2D eigenvalue weighted by atomic mass is 10.2. The van der Waals surface area contributed by atoms with Crippen LogP contribution in [0, 0.1) is 0 Å². The lowest BCUT2D eigenvalue weighted by Gasteiger charge is -2.11. The van der Waals surface area contributed by atoms with E-state index in [0.29, 0.717) is 0 Å². The molecule has 1 rings (SSSR count). The van der Waals surface area contributed by atoms with Gasteiger partial charge in [0.2, 0.25) is 0 Å². The van der Waals surface area contributed by atoms with Crippen molar-refractivity contribution in [2.24, 2.45) is 0 Å². The molecule has 0 unspecified atom stereocenters. The molecule has 1 aliphatic heterocycles. The zero-order valence-corrected chi connectivity index (χ0v) is 10.4. The van der Waals surface area contributed by atoms with E-state index in [-0.39, 0.29) is 0 Å². The summed E-state index contributed by atoms with van der Waals surface area (Å²) in [4.78, 5) is 2.20. The van der Waals surface area contributed by atoms with Gasteiger partial charge in [-0.2, -0.15) is 0 Å². The number of hydrogen-bond donors (Lipinski definition) is 0. The second-order valence-corrected chi connectivity index (χ2v) is 2.49. The first-order valence-corrected chi connectivity index (χ1v) is 5.48. The van der Waals surface area contributed by atoms with Crippen molar-refractivity contribution in [1.82, 2.24) is 4.90 Å². The highest BCUT2D eigenvalue weighted by Gasteiger charge is 2.13. The molecule has 0 bridgehead atoms.